The molecule has 212 valence electrons. The van der Waals surface area contributed by atoms with Crippen molar-refractivity contribution in [2.75, 3.05) is 16.8 Å². The average Bonchev–Trinajstić information content (AvgIpc) is 3.75. The van der Waals surface area contributed by atoms with E-state index in [0.29, 0.717) is 17.4 Å². The van der Waals surface area contributed by atoms with Gasteiger partial charge in [0.25, 0.3) is 0 Å². The predicted molar refractivity (Wildman–Crippen MR) is 171 cm³/mol. The molecule has 0 unspecified atom stereocenters. The number of aromatic nitrogens is 2. The number of benzene rings is 4. The minimum atomic E-state index is 0. The van der Waals surface area contributed by atoms with Gasteiger partial charge in [-0.3, -0.25) is 0 Å². The zero-order chi connectivity index (χ0) is 27.7. The molecule has 3 aromatic heterocycles. The number of thiazole rings is 1. The Bertz CT molecular complexity index is 2090. The minimum Gasteiger partial charge on any atom is -0.509 e. The van der Waals surface area contributed by atoms with Crippen LogP contribution < -0.4 is 14.5 Å². The van der Waals surface area contributed by atoms with E-state index in [1.807, 2.05) is 24.4 Å². The molecule has 1 aliphatic rings. The molecule has 0 saturated heterocycles. The number of para-hydroxylation sites is 1. The summed E-state index contributed by atoms with van der Waals surface area (Å²) in [6.45, 7) is 6.51. The first-order valence-electron chi connectivity index (χ1n) is 13.6. The minimum absolute atomic E-state index is 0. The van der Waals surface area contributed by atoms with Gasteiger partial charge < -0.3 is 19.1 Å². The van der Waals surface area contributed by atoms with Crippen molar-refractivity contribution >= 4 is 70.9 Å². The van der Waals surface area contributed by atoms with Crippen molar-refractivity contribution in [2.24, 2.45) is 0 Å². The van der Waals surface area contributed by atoms with Crippen molar-refractivity contribution in [3.63, 3.8) is 0 Å². The zero-order valence-electron chi connectivity index (χ0n) is 23.1. The van der Waals surface area contributed by atoms with Crippen LogP contribution in [-0.2, 0) is 21.1 Å². The molecule has 8 rings (SSSR count). The van der Waals surface area contributed by atoms with E-state index in [0.717, 1.165) is 27.2 Å². The van der Waals surface area contributed by atoms with E-state index in [1.165, 1.54) is 31.0 Å². The number of thiophene rings is 1. The Balaban J connectivity index is 0.00000288. The fraction of sp³-hybridized carbons (Fsp3) is 0.118. The summed E-state index contributed by atoms with van der Waals surface area (Å²) in [7, 11) is 2.09. The summed E-state index contributed by atoms with van der Waals surface area (Å²) in [5.41, 5.74) is 4.18. The molecule has 0 saturated carbocycles. The van der Waals surface area contributed by atoms with Crippen LogP contribution in [0.2, 0.25) is 0 Å². The molecule has 4 heterocycles. The summed E-state index contributed by atoms with van der Waals surface area (Å²) < 4.78 is 9.88. The van der Waals surface area contributed by atoms with Crippen LogP contribution in [0.1, 0.15) is 24.6 Å². The molecule has 0 fully saturated rings. The van der Waals surface area contributed by atoms with Crippen molar-refractivity contribution in [3.8, 4) is 16.6 Å². The third-order valence-corrected chi connectivity index (χ3v) is 10.00. The molecule has 4 aromatic carbocycles. The van der Waals surface area contributed by atoms with Crippen LogP contribution in [0.5, 0.6) is 11.5 Å². The summed E-state index contributed by atoms with van der Waals surface area (Å²) in [5, 5.41) is 5.70. The molecule has 7 aromatic rings. The number of rotatable bonds is 5. The van der Waals surface area contributed by atoms with Crippen LogP contribution in [0.25, 0.3) is 37.0 Å². The number of ether oxygens (including phenoxy) is 1. The maximum absolute atomic E-state index is 6.41. The standard InChI is InChI=1S/C34H25N4OS2.Pt/c1-21(2)31-19-35-34(41-31)38-28-13-6-4-11-25(28)26-16-15-24(18-29(26)38)39-23-10-8-9-22(17-23)37-20-36(3)33-32(37)27-12-5-7-14-30(27)40-33;/h4-16,19-21H,1-3H3;/q-3;. The molecule has 5 nitrogen and oxygen atoms in total. The van der Waals surface area contributed by atoms with Gasteiger partial charge in [-0.1, -0.05) is 55.8 Å². The number of hydrogen-bond acceptors (Lipinski definition) is 6. The summed E-state index contributed by atoms with van der Waals surface area (Å²) in [5.74, 6) is 1.71. The second-order valence-corrected chi connectivity index (χ2v) is 12.6. The maximum Gasteiger partial charge on any atom is 0.192 e. The van der Waals surface area contributed by atoms with Gasteiger partial charge in [0.1, 0.15) is 0 Å². The summed E-state index contributed by atoms with van der Waals surface area (Å²) in [6.07, 6.45) is 1.99. The van der Waals surface area contributed by atoms with Gasteiger partial charge in [0.2, 0.25) is 0 Å². The van der Waals surface area contributed by atoms with Crippen molar-refractivity contribution in [2.45, 2.75) is 19.8 Å². The molecule has 42 heavy (non-hydrogen) atoms. The normalized spacial score (nSPS) is 13.0. The molecule has 0 atom stereocenters. The van der Waals surface area contributed by atoms with Crippen molar-refractivity contribution in [1.29, 1.82) is 0 Å². The Labute approximate surface area is 266 Å². The Morgan fingerprint density at radius 2 is 1.62 bits per heavy atom. The molecule has 0 spiro atoms. The van der Waals surface area contributed by atoms with Crippen LogP contribution >= 0.6 is 22.7 Å². The van der Waals surface area contributed by atoms with Crippen LogP contribution in [0.4, 0.5) is 16.4 Å². The molecular formula is C34H25N4OPtS2-3. The first kappa shape index (κ1) is 27.2. The molecular weight excluding hydrogens is 740 g/mol. The van der Waals surface area contributed by atoms with E-state index in [1.54, 1.807) is 22.7 Å². The fourth-order valence-corrected chi connectivity index (χ4v) is 7.56. The molecule has 0 radical (unpaired) electrons. The Morgan fingerprint density at radius 1 is 0.833 bits per heavy atom. The maximum atomic E-state index is 6.41. The first-order chi connectivity index (χ1) is 20.0. The molecule has 0 aliphatic carbocycles. The summed E-state index contributed by atoms with van der Waals surface area (Å²) in [6, 6.07) is 34.2. The molecule has 0 N–H and O–H groups in total. The van der Waals surface area contributed by atoms with Gasteiger partial charge in [0.15, 0.2) is 5.13 Å². The summed E-state index contributed by atoms with van der Waals surface area (Å²) >= 11 is 3.52. The summed E-state index contributed by atoms with van der Waals surface area (Å²) in [4.78, 5) is 10.4. The molecule has 1 aliphatic heterocycles. The second-order valence-electron chi connectivity index (χ2n) is 10.5. The first-order valence-corrected chi connectivity index (χ1v) is 15.2. The largest absolute Gasteiger partial charge is 0.509 e. The third kappa shape index (κ3) is 4.34. The molecule has 0 amide bonds. The van der Waals surface area contributed by atoms with Gasteiger partial charge in [-0.2, -0.15) is 18.8 Å². The van der Waals surface area contributed by atoms with Gasteiger partial charge in [-0.25, -0.2) is 4.98 Å². The second kappa shape index (κ2) is 10.6. The van der Waals surface area contributed by atoms with Crippen LogP contribution in [0.15, 0.2) is 85.1 Å². The Kier molecular flexibility index (Phi) is 6.85. The van der Waals surface area contributed by atoms with Crippen LogP contribution in [-0.4, -0.2) is 16.6 Å². The quantitative estimate of drug-likeness (QED) is 0.164. The molecule has 8 heteroatoms. The van der Waals surface area contributed by atoms with Gasteiger partial charge in [-0.05, 0) is 30.5 Å². The van der Waals surface area contributed by atoms with E-state index in [4.69, 9.17) is 9.72 Å². The van der Waals surface area contributed by atoms with E-state index in [9.17, 15) is 0 Å². The average molecular weight is 765 g/mol. The van der Waals surface area contributed by atoms with E-state index in [-0.39, 0.29) is 21.1 Å². The van der Waals surface area contributed by atoms with Crippen LogP contribution in [0, 0.1) is 18.8 Å². The van der Waals surface area contributed by atoms with Crippen molar-refractivity contribution in [1.82, 2.24) is 9.55 Å². The van der Waals surface area contributed by atoms with Gasteiger partial charge in [-0.15, -0.1) is 64.1 Å². The SMILES string of the molecule is CC(C)c1cnc(-n2c3[c-]c(Oc4[c-]c(N5[CH-]N(C)c6sc7ccccc7c65)ccc4)ccc3c3ccccc32)s1.[Pt]. The van der Waals surface area contributed by atoms with E-state index >= 15 is 0 Å². The Morgan fingerprint density at radius 3 is 2.45 bits per heavy atom. The van der Waals surface area contributed by atoms with Gasteiger partial charge in [0.05, 0.1) is 10.7 Å². The smallest absolute Gasteiger partial charge is 0.192 e. The zero-order valence-corrected chi connectivity index (χ0v) is 27.0. The number of anilines is 3. The van der Waals surface area contributed by atoms with Crippen LogP contribution in [0.3, 0.4) is 0 Å². The Hall–Kier alpha value is -3.64. The van der Waals surface area contributed by atoms with Gasteiger partial charge in [0, 0.05) is 59.2 Å². The van der Waals surface area contributed by atoms with E-state index < -0.39 is 0 Å². The fourth-order valence-electron chi connectivity index (χ4n) is 5.49. The van der Waals surface area contributed by atoms with Gasteiger partial charge >= 0.3 is 0 Å². The molecule has 0 bridgehead atoms. The number of hydrogen-bond donors (Lipinski definition) is 0. The number of fused-ring (bicyclic) bond motifs is 6. The van der Waals surface area contributed by atoms with E-state index in [2.05, 4.69) is 115 Å². The van der Waals surface area contributed by atoms with Crippen molar-refractivity contribution < 1.29 is 25.8 Å². The van der Waals surface area contributed by atoms with Crippen molar-refractivity contribution in [3.05, 3.63) is 109 Å². The topological polar surface area (TPSA) is 33.5 Å². The monoisotopic (exact) mass is 764 g/mol. The number of nitrogens with zero attached hydrogens (tertiary/aromatic N) is 4. The predicted octanol–water partition coefficient (Wildman–Crippen LogP) is 9.68. The third-order valence-electron chi connectivity index (χ3n) is 7.46.